The Balaban J connectivity index is 3.35. The summed E-state index contributed by atoms with van der Waals surface area (Å²) in [6, 6.07) is 3.46. The van der Waals surface area contributed by atoms with Crippen molar-refractivity contribution in [2.45, 2.75) is 51.4 Å². The van der Waals surface area contributed by atoms with Crippen molar-refractivity contribution in [3.05, 3.63) is 35.1 Å². The van der Waals surface area contributed by atoms with Crippen molar-refractivity contribution in [2.24, 2.45) is 4.40 Å². The van der Waals surface area contributed by atoms with E-state index in [0.717, 1.165) is 13.0 Å². The van der Waals surface area contributed by atoms with Crippen molar-refractivity contribution < 1.29 is 22.5 Å². The van der Waals surface area contributed by atoms with Crippen LogP contribution in [0.3, 0.4) is 0 Å². The summed E-state index contributed by atoms with van der Waals surface area (Å²) >= 11 is 0. The first-order chi connectivity index (χ1) is 9.89. The van der Waals surface area contributed by atoms with E-state index in [-0.39, 0.29) is 11.3 Å². The van der Waals surface area contributed by atoms with Gasteiger partial charge in [-0.1, -0.05) is 12.1 Å². The highest BCUT2D eigenvalue weighted by molar-refractivity contribution is 7.85. The molecule has 0 saturated carbocycles. The van der Waals surface area contributed by atoms with Crippen molar-refractivity contribution in [1.82, 2.24) is 0 Å². The van der Waals surface area contributed by atoms with Gasteiger partial charge >= 0.3 is 5.92 Å². The SMILES string of the molecule is C/C(=N/S(=O)C(C)(C)C)c1cccc(C(F)(F)C(C)O)c1F. The van der Waals surface area contributed by atoms with Crippen LogP contribution in [0.2, 0.25) is 0 Å². The molecule has 0 bridgehead atoms. The topological polar surface area (TPSA) is 49.7 Å². The van der Waals surface area contributed by atoms with E-state index < -0.39 is 39.1 Å². The maximum absolute atomic E-state index is 14.4. The van der Waals surface area contributed by atoms with Gasteiger partial charge < -0.3 is 5.11 Å². The van der Waals surface area contributed by atoms with Crippen molar-refractivity contribution in [3.8, 4) is 0 Å². The highest BCUT2D eigenvalue weighted by Gasteiger charge is 2.40. The average molecular weight is 335 g/mol. The van der Waals surface area contributed by atoms with Crippen LogP contribution in [0.1, 0.15) is 45.7 Å². The third-order valence-corrected chi connectivity index (χ3v) is 4.50. The van der Waals surface area contributed by atoms with Gasteiger partial charge in [0.25, 0.3) is 0 Å². The van der Waals surface area contributed by atoms with Crippen LogP contribution in [-0.4, -0.2) is 25.9 Å². The number of hydrogen-bond donors (Lipinski definition) is 1. The van der Waals surface area contributed by atoms with E-state index >= 15 is 0 Å². The molecule has 0 aromatic heterocycles. The number of rotatable bonds is 4. The van der Waals surface area contributed by atoms with E-state index in [1.54, 1.807) is 20.8 Å². The lowest BCUT2D eigenvalue weighted by atomic mass is 9.99. The predicted octanol–water partition coefficient (Wildman–Crippen LogP) is 3.57. The minimum atomic E-state index is -3.72. The largest absolute Gasteiger partial charge is 0.387 e. The molecular weight excluding hydrogens is 315 g/mol. The van der Waals surface area contributed by atoms with E-state index in [4.69, 9.17) is 5.11 Å². The summed E-state index contributed by atoms with van der Waals surface area (Å²) < 4.78 is 57.3. The third-order valence-electron chi connectivity index (χ3n) is 3.02. The Hall–Kier alpha value is -1.21. The molecule has 0 saturated heterocycles. The zero-order valence-corrected chi connectivity index (χ0v) is 14.0. The fourth-order valence-electron chi connectivity index (χ4n) is 1.60. The maximum Gasteiger partial charge on any atom is 0.301 e. The van der Waals surface area contributed by atoms with Gasteiger partial charge in [0.2, 0.25) is 0 Å². The quantitative estimate of drug-likeness (QED) is 0.855. The molecule has 1 N–H and O–H groups in total. The highest BCUT2D eigenvalue weighted by Crippen LogP contribution is 2.34. The summed E-state index contributed by atoms with van der Waals surface area (Å²) in [6.45, 7) is 7.41. The fourth-order valence-corrected chi connectivity index (χ4v) is 2.23. The second-order valence-corrected chi connectivity index (χ2v) is 7.91. The van der Waals surface area contributed by atoms with Crippen molar-refractivity contribution >= 4 is 16.7 Å². The van der Waals surface area contributed by atoms with Gasteiger partial charge in [-0.25, -0.2) is 8.60 Å². The third kappa shape index (κ3) is 3.95. The molecule has 0 heterocycles. The van der Waals surface area contributed by atoms with Gasteiger partial charge in [-0.05, 0) is 40.7 Å². The van der Waals surface area contributed by atoms with Crippen molar-refractivity contribution in [3.63, 3.8) is 0 Å². The Kier molecular flexibility index (Phi) is 5.56. The molecule has 3 nitrogen and oxygen atoms in total. The number of alkyl halides is 2. The number of aliphatic hydroxyl groups is 1. The first kappa shape index (κ1) is 18.8. The molecule has 0 radical (unpaired) electrons. The number of nitrogens with zero attached hydrogens (tertiary/aromatic N) is 1. The van der Waals surface area contributed by atoms with Crippen molar-refractivity contribution in [1.29, 1.82) is 0 Å². The van der Waals surface area contributed by atoms with Crippen molar-refractivity contribution in [2.75, 3.05) is 0 Å². The second kappa shape index (κ2) is 6.50. The summed E-state index contributed by atoms with van der Waals surface area (Å²) in [5.74, 6) is -4.88. The molecule has 1 rings (SSSR count). The fraction of sp³-hybridized carbons (Fsp3) is 0.533. The molecule has 1 aromatic rings. The Labute approximate surface area is 130 Å². The Bertz CT molecular complexity index is 607. The molecule has 0 aliphatic heterocycles. The smallest absolute Gasteiger partial charge is 0.301 e. The number of benzene rings is 1. The lowest BCUT2D eigenvalue weighted by Crippen LogP contribution is -2.29. The molecule has 124 valence electrons. The highest BCUT2D eigenvalue weighted by atomic mass is 32.2. The summed E-state index contributed by atoms with van der Waals surface area (Å²) in [5.41, 5.74) is -1.000. The number of aliphatic hydroxyl groups excluding tert-OH is 1. The minimum absolute atomic E-state index is 0.0639. The Morgan fingerprint density at radius 1 is 1.32 bits per heavy atom. The molecular formula is C15H20F3NO2S. The molecule has 0 fully saturated rings. The second-order valence-electron chi connectivity index (χ2n) is 6.00. The van der Waals surface area contributed by atoms with E-state index in [1.165, 1.54) is 19.1 Å². The summed E-state index contributed by atoms with van der Waals surface area (Å²) in [5, 5.41) is 9.14. The lowest BCUT2D eigenvalue weighted by Gasteiger charge is -2.21. The van der Waals surface area contributed by atoms with Gasteiger partial charge in [-0.15, -0.1) is 0 Å². The zero-order valence-electron chi connectivity index (χ0n) is 13.2. The van der Waals surface area contributed by atoms with Crippen LogP contribution >= 0.6 is 0 Å². The predicted molar refractivity (Wildman–Crippen MR) is 82.1 cm³/mol. The molecule has 2 unspecified atom stereocenters. The summed E-state index contributed by atoms with van der Waals surface area (Å²) in [6.07, 6.45) is -2.03. The minimum Gasteiger partial charge on any atom is -0.387 e. The summed E-state index contributed by atoms with van der Waals surface area (Å²) in [4.78, 5) is 0. The molecule has 0 aliphatic rings. The molecule has 1 aromatic carbocycles. The molecule has 0 aliphatic carbocycles. The Morgan fingerprint density at radius 2 is 1.86 bits per heavy atom. The van der Waals surface area contributed by atoms with Crippen LogP contribution in [0, 0.1) is 5.82 Å². The molecule has 0 amide bonds. The van der Waals surface area contributed by atoms with Gasteiger partial charge in [0.1, 0.15) is 22.9 Å². The lowest BCUT2D eigenvalue weighted by molar-refractivity contribution is -0.108. The van der Waals surface area contributed by atoms with E-state index in [0.29, 0.717) is 0 Å². The van der Waals surface area contributed by atoms with E-state index in [9.17, 15) is 17.4 Å². The van der Waals surface area contributed by atoms with E-state index in [2.05, 4.69) is 4.40 Å². The monoisotopic (exact) mass is 335 g/mol. The van der Waals surface area contributed by atoms with Crippen LogP contribution in [0.4, 0.5) is 13.2 Å². The van der Waals surface area contributed by atoms with Gasteiger partial charge in [0, 0.05) is 5.56 Å². The normalized spacial score (nSPS) is 16.5. The molecule has 7 heteroatoms. The van der Waals surface area contributed by atoms with Gasteiger partial charge in [0.05, 0.1) is 16.0 Å². The standard InChI is InChI=1S/C15H20F3NO2S/c1-9(19-22(21)14(3,4)5)11-7-6-8-12(13(11)16)15(17,18)10(2)20/h6-8,10,20H,1-5H3/b19-9-. The number of hydrogen-bond acceptors (Lipinski definition) is 2. The first-order valence-electron chi connectivity index (χ1n) is 6.71. The van der Waals surface area contributed by atoms with E-state index in [1.807, 2.05) is 0 Å². The average Bonchev–Trinajstić information content (AvgIpc) is 2.37. The van der Waals surface area contributed by atoms with Crippen LogP contribution in [0.25, 0.3) is 0 Å². The Morgan fingerprint density at radius 3 is 2.32 bits per heavy atom. The number of halogens is 3. The van der Waals surface area contributed by atoms with Gasteiger partial charge in [-0.3, -0.25) is 0 Å². The van der Waals surface area contributed by atoms with Gasteiger partial charge in [0.15, 0.2) is 0 Å². The zero-order chi connectivity index (χ0) is 17.3. The molecule has 2 atom stereocenters. The first-order valence-corrected chi connectivity index (χ1v) is 7.82. The van der Waals surface area contributed by atoms with Crippen LogP contribution < -0.4 is 0 Å². The molecule has 0 spiro atoms. The summed E-state index contributed by atoms with van der Waals surface area (Å²) in [7, 11) is -1.63. The van der Waals surface area contributed by atoms with Crippen LogP contribution in [0.5, 0.6) is 0 Å². The van der Waals surface area contributed by atoms with Gasteiger partial charge in [-0.2, -0.15) is 13.2 Å². The van der Waals surface area contributed by atoms with Crippen LogP contribution in [-0.2, 0) is 16.9 Å². The maximum atomic E-state index is 14.4. The van der Waals surface area contributed by atoms with Crippen LogP contribution in [0.15, 0.2) is 22.6 Å². The molecule has 22 heavy (non-hydrogen) atoms.